The number of esters is 1. The second-order valence-corrected chi connectivity index (χ2v) is 7.64. The third-order valence-corrected chi connectivity index (χ3v) is 4.95. The van der Waals surface area contributed by atoms with Crippen molar-refractivity contribution < 1.29 is 24.1 Å². The van der Waals surface area contributed by atoms with E-state index in [2.05, 4.69) is 0 Å². The van der Waals surface area contributed by atoms with Crippen LogP contribution in [0, 0.1) is 0 Å². The van der Waals surface area contributed by atoms with Crippen molar-refractivity contribution in [1.29, 1.82) is 0 Å². The minimum atomic E-state index is -0.957. The molecule has 2 unspecified atom stereocenters. The van der Waals surface area contributed by atoms with Gasteiger partial charge in [-0.25, -0.2) is 0 Å². The van der Waals surface area contributed by atoms with Gasteiger partial charge in [0.15, 0.2) is 11.5 Å². The van der Waals surface area contributed by atoms with Crippen molar-refractivity contribution in [3.05, 3.63) is 59.7 Å². The number of ether oxygens (including phenoxy) is 3. The molecule has 28 heavy (non-hydrogen) atoms. The standard InChI is InChI=1S/C23H28O5/c1-23(25)14-19(28-22(24)15-23)10-6-9-17-11-12-20(21(13-17)26-2)27-16-18-7-4-3-5-8-18/h3-5,7-8,11-13,19,25H,6,9-10,14-16H2,1-2H3. The molecule has 0 saturated carbocycles. The molecule has 1 saturated heterocycles. The summed E-state index contributed by atoms with van der Waals surface area (Å²) in [6.45, 7) is 2.18. The Morgan fingerprint density at radius 3 is 2.64 bits per heavy atom. The monoisotopic (exact) mass is 384 g/mol. The minimum Gasteiger partial charge on any atom is -0.493 e. The summed E-state index contributed by atoms with van der Waals surface area (Å²) in [6, 6.07) is 16.0. The second kappa shape index (κ2) is 9.11. The van der Waals surface area contributed by atoms with Gasteiger partial charge in [0, 0.05) is 6.42 Å². The molecule has 1 aliphatic heterocycles. The van der Waals surface area contributed by atoms with Crippen LogP contribution >= 0.6 is 0 Å². The van der Waals surface area contributed by atoms with Crippen molar-refractivity contribution in [3.8, 4) is 11.5 Å². The molecule has 1 fully saturated rings. The highest BCUT2D eigenvalue weighted by Gasteiger charge is 2.35. The zero-order chi connectivity index (χ0) is 20.0. The predicted molar refractivity (Wildman–Crippen MR) is 106 cm³/mol. The molecule has 2 aromatic carbocycles. The molecule has 2 atom stereocenters. The molecule has 3 rings (SSSR count). The lowest BCUT2D eigenvalue weighted by atomic mass is 9.90. The van der Waals surface area contributed by atoms with Crippen LogP contribution in [0.2, 0.25) is 0 Å². The number of carbonyl (C=O) groups excluding carboxylic acids is 1. The van der Waals surface area contributed by atoms with Crippen LogP contribution in [0.4, 0.5) is 0 Å². The Bertz CT molecular complexity index is 785. The van der Waals surface area contributed by atoms with E-state index in [1.54, 1.807) is 14.0 Å². The number of carbonyl (C=O) groups is 1. The van der Waals surface area contributed by atoms with Crippen LogP contribution in [0.3, 0.4) is 0 Å². The summed E-state index contributed by atoms with van der Waals surface area (Å²) < 4.78 is 16.7. The Kier molecular flexibility index (Phi) is 6.57. The first kappa shape index (κ1) is 20.2. The molecule has 5 nitrogen and oxygen atoms in total. The van der Waals surface area contributed by atoms with Gasteiger partial charge in [-0.2, -0.15) is 0 Å². The summed E-state index contributed by atoms with van der Waals surface area (Å²) in [5.74, 6) is 1.11. The number of cyclic esters (lactones) is 1. The molecular weight excluding hydrogens is 356 g/mol. The first-order valence-corrected chi connectivity index (χ1v) is 9.71. The van der Waals surface area contributed by atoms with E-state index in [0.717, 1.165) is 30.4 Å². The fraction of sp³-hybridized carbons (Fsp3) is 0.435. The van der Waals surface area contributed by atoms with E-state index in [-0.39, 0.29) is 18.5 Å². The lowest BCUT2D eigenvalue weighted by Gasteiger charge is -2.33. The topological polar surface area (TPSA) is 65.0 Å². The van der Waals surface area contributed by atoms with Crippen LogP contribution < -0.4 is 9.47 Å². The van der Waals surface area contributed by atoms with Gasteiger partial charge in [-0.3, -0.25) is 4.79 Å². The van der Waals surface area contributed by atoms with Gasteiger partial charge < -0.3 is 19.3 Å². The van der Waals surface area contributed by atoms with Gasteiger partial charge in [-0.1, -0.05) is 36.4 Å². The Morgan fingerprint density at radius 2 is 1.93 bits per heavy atom. The molecule has 0 bridgehead atoms. The number of hydrogen-bond donors (Lipinski definition) is 1. The second-order valence-electron chi connectivity index (χ2n) is 7.64. The van der Waals surface area contributed by atoms with Crippen LogP contribution in [0.15, 0.2) is 48.5 Å². The summed E-state index contributed by atoms with van der Waals surface area (Å²) in [5, 5.41) is 10.1. The van der Waals surface area contributed by atoms with Crippen molar-refractivity contribution in [1.82, 2.24) is 0 Å². The van der Waals surface area contributed by atoms with E-state index in [4.69, 9.17) is 14.2 Å². The number of aryl methyl sites for hydroxylation is 1. The fourth-order valence-electron chi connectivity index (χ4n) is 3.56. The largest absolute Gasteiger partial charge is 0.493 e. The van der Waals surface area contributed by atoms with E-state index >= 15 is 0 Å². The van der Waals surface area contributed by atoms with E-state index in [1.807, 2.05) is 48.5 Å². The van der Waals surface area contributed by atoms with Crippen molar-refractivity contribution in [2.75, 3.05) is 7.11 Å². The SMILES string of the molecule is COc1cc(CCCC2CC(C)(O)CC(=O)O2)ccc1OCc1ccccc1. The number of methoxy groups -OCH3 is 1. The van der Waals surface area contributed by atoms with Crippen LogP contribution in [0.1, 0.15) is 43.7 Å². The first-order valence-electron chi connectivity index (χ1n) is 9.71. The molecule has 150 valence electrons. The number of benzene rings is 2. The molecule has 1 heterocycles. The van der Waals surface area contributed by atoms with Gasteiger partial charge in [0.25, 0.3) is 0 Å². The Morgan fingerprint density at radius 1 is 1.14 bits per heavy atom. The highest BCUT2D eigenvalue weighted by atomic mass is 16.5. The van der Waals surface area contributed by atoms with Crippen molar-refractivity contribution >= 4 is 5.97 Å². The summed E-state index contributed by atoms with van der Waals surface area (Å²) in [6.07, 6.45) is 2.79. The van der Waals surface area contributed by atoms with Gasteiger partial charge in [0.05, 0.1) is 19.1 Å². The maximum atomic E-state index is 11.6. The predicted octanol–water partition coefficient (Wildman–Crippen LogP) is 4.05. The van der Waals surface area contributed by atoms with Gasteiger partial charge in [-0.05, 0) is 49.4 Å². The van der Waals surface area contributed by atoms with Gasteiger partial charge in [0.2, 0.25) is 0 Å². The molecule has 0 amide bonds. The molecule has 2 aromatic rings. The number of hydrogen-bond acceptors (Lipinski definition) is 5. The summed E-state index contributed by atoms with van der Waals surface area (Å²) >= 11 is 0. The highest BCUT2D eigenvalue weighted by molar-refractivity contribution is 5.71. The summed E-state index contributed by atoms with van der Waals surface area (Å²) in [4.78, 5) is 11.6. The highest BCUT2D eigenvalue weighted by Crippen LogP contribution is 2.31. The Balaban J connectivity index is 1.52. The molecule has 1 aliphatic rings. The summed E-state index contributed by atoms with van der Waals surface area (Å²) in [5.41, 5.74) is 1.28. The molecule has 0 aromatic heterocycles. The fourth-order valence-corrected chi connectivity index (χ4v) is 3.56. The maximum absolute atomic E-state index is 11.6. The molecule has 0 radical (unpaired) electrons. The minimum absolute atomic E-state index is 0.0745. The maximum Gasteiger partial charge on any atom is 0.308 e. The van der Waals surface area contributed by atoms with E-state index in [1.165, 1.54) is 0 Å². The smallest absolute Gasteiger partial charge is 0.308 e. The van der Waals surface area contributed by atoms with E-state index in [9.17, 15) is 9.90 Å². The quantitative estimate of drug-likeness (QED) is 0.696. The lowest BCUT2D eigenvalue weighted by Crippen LogP contribution is -2.40. The number of rotatable bonds is 8. The van der Waals surface area contributed by atoms with Crippen LogP contribution in [0.25, 0.3) is 0 Å². The zero-order valence-electron chi connectivity index (χ0n) is 16.5. The van der Waals surface area contributed by atoms with Crippen molar-refractivity contribution in [2.24, 2.45) is 0 Å². The van der Waals surface area contributed by atoms with Crippen LogP contribution in [0.5, 0.6) is 11.5 Å². The van der Waals surface area contributed by atoms with Crippen LogP contribution in [-0.4, -0.2) is 29.9 Å². The van der Waals surface area contributed by atoms with Crippen molar-refractivity contribution in [3.63, 3.8) is 0 Å². The van der Waals surface area contributed by atoms with Crippen molar-refractivity contribution in [2.45, 2.75) is 57.3 Å². The third-order valence-electron chi connectivity index (χ3n) is 4.95. The Hall–Kier alpha value is -2.53. The Labute approximate surface area is 166 Å². The average Bonchev–Trinajstić information content (AvgIpc) is 2.66. The summed E-state index contributed by atoms with van der Waals surface area (Å²) in [7, 11) is 1.64. The molecular formula is C23H28O5. The third kappa shape index (κ3) is 5.73. The van der Waals surface area contributed by atoms with Gasteiger partial charge in [-0.15, -0.1) is 0 Å². The lowest BCUT2D eigenvalue weighted by molar-refractivity contribution is -0.168. The molecule has 0 aliphatic carbocycles. The average molecular weight is 384 g/mol. The van der Waals surface area contributed by atoms with E-state index in [0.29, 0.717) is 24.5 Å². The molecule has 1 N–H and O–H groups in total. The van der Waals surface area contributed by atoms with Gasteiger partial charge in [0.1, 0.15) is 12.7 Å². The molecule has 5 heteroatoms. The van der Waals surface area contributed by atoms with E-state index < -0.39 is 5.60 Å². The number of aliphatic hydroxyl groups is 1. The zero-order valence-corrected chi connectivity index (χ0v) is 16.5. The normalized spacial score (nSPS) is 21.8. The molecule has 0 spiro atoms. The first-order chi connectivity index (χ1) is 13.4. The van der Waals surface area contributed by atoms with Gasteiger partial charge >= 0.3 is 5.97 Å². The van der Waals surface area contributed by atoms with Crippen LogP contribution in [-0.2, 0) is 22.6 Å².